The first-order valence-corrected chi connectivity index (χ1v) is 24.4. The van der Waals surface area contributed by atoms with Crippen molar-refractivity contribution in [2.75, 3.05) is 32.8 Å². The Balaban J connectivity index is 1.36. The molecule has 0 spiro atoms. The number of piperidine rings is 1. The Morgan fingerprint density at radius 3 is 1.82 bits per heavy atom. The lowest BCUT2D eigenvalue weighted by Crippen LogP contribution is -2.44. The molecule has 270 valence electrons. The topological polar surface area (TPSA) is 49.4 Å². The van der Waals surface area contributed by atoms with E-state index in [9.17, 15) is 0 Å². The molecule has 6 nitrogen and oxygen atoms in total. The molecule has 0 aromatic heterocycles. The largest absolute Gasteiger partial charge is 0.543 e. The summed E-state index contributed by atoms with van der Waals surface area (Å²) in [5.41, 5.74) is 4.62. The van der Waals surface area contributed by atoms with Gasteiger partial charge in [-0.2, -0.15) is 0 Å². The molecule has 0 aliphatic carbocycles. The van der Waals surface area contributed by atoms with E-state index in [2.05, 4.69) is 140 Å². The molecule has 1 saturated heterocycles. The minimum Gasteiger partial charge on any atom is -0.543 e. The van der Waals surface area contributed by atoms with E-state index in [0.29, 0.717) is 13.2 Å². The molecule has 3 aliphatic heterocycles. The normalized spacial score (nSPS) is 19.8. The van der Waals surface area contributed by atoms with Gasteiger partial charge in [-0.1, -0.05) is 60.1 Å². The van der Waals surface area contributed by atoms with Crippen LogP contribution >= 0.6 is 0 Å². The van der Waals surface area contributed by atoms with Gasteiger partial charge in [0, 0.05) is 41.0 Å². The summed E-state index contributed by atoms with van der Waals surface area (Å²) in [6, 6.07) is 21.2. The van der Waals surface area contributed by atoms with Crippen molar-refractivity contribution >= 4 is 27.8 Å². The molecule has 6 rings (SSSR count). The highest BCUT2D eigenvalue weighted by Crippen LogP contribution is 2.55. The molecule has 0 N–H and O–H groups in total. The fourth-order valence-corrected chi connectivity index (χ4v) is 8.69. The molecule has 3 aromatic rings. The van der Waals surface area contributed by atoms with Gasteiger partial charge in [0.25, 0.3) is 0 Å². The number of rotatable bonds is 9. The van der Waals surface area contributed by atoms with Crippen molar-refractivity contribution in [1.29, 1.82) is 0 Å². The summed E-state index contributed by atoms with van der Waals surface area (Å²) < 4.78 is 33.4. The highest BCUT2D eigenvalue weighted by molar-refractivity contribution is 6.75. The van der Waals surface area contributed by atoms with Crippen molar-refractivity contribution in [2.24, 2.45) is 0 Å². The van der Waals surface area contributed by atoms with E-state index in [-0.39, 0.29) is 10.1 Å². The number of ether oxygens (including phenoxy) is 3. The van der Waals surface area contributed by atoms with Gasteiger partial charge >= 0.3 is 0 Å². The highest BCUT2D eigenvalue weighted by Gasteiger charge is 2.45. The average molecular weight is 714 g/mol. The van der Waals surface area contributed by atoms with E-state index in [4.69, 9.17) is 23.1 Å². The van der Waals surface area contributed by atoms with Crippen LogP contribution in [0.5, 0.6) is 28.7 Å². The van der Waals surface area contributed by atoms with Gasteiger partial charge in [-0.3, -0.25) is 4.90 Å². The monoisotopic (exact) mass is 713 g/mol. The fraction of sp³-hybridized carbons (Fsp3) is 0.524. The van der Waals surface area contributed by atoms with Crippen LogP contribution in [0.4, 0.5) is 0 Å². The standard InChI is InChI=1S/C42H59NO5Si2/c1-40(2,3)49(8,9)47-32-20-22-35-37(27-32)45-29-36-34-21-19-33(48-50(10,11)41(4,5)6)28-38(34)46-42(7,39(35)36)30-15-17-31(18-16-30)44-26-25-43-23-13-12-14-24-43/h15-22,27-28H,12-14,23-26,29H2,1-11H3. The van der Waals surface area contributed by atoms with Gasteiger partial charge in [0.1, 0.15) is 42.0 Å². The second-order valence-electron chi connectivity index (χ2n) is 17.6. The van der Waals surface area contributed by atoms with Crippen LogP contribution in [0.25, 0.3) is 11.1 Å². The van der Waals surface area contributed by atoms with Crippen LogP contribution in [0.3, 0.4) is 0 Å². The number of hydrogen-bond donors (Lipinski definition) is 0. The van der Waals surface area contributed by atoms with Crippen LogP contribution in [0, 0.1) is 0 Å². The van der Waals surface area contributed by atoms with Gasteiger partial charge in [-0.25, -0.2) is 0 Å². The van der Waals surface area contributed by atoms with E-state index in [1.54, 1.807) is 0 Å². The lowest BCUT2D eigenvalue weighted by atomic mass is 9.76. The summed E-state index contributed by atoms with van der Waals surface area (Å²) in [6.45, 7) is 29.4. The molecule has 0 amide bonds. The molecule has 8 heteroatoms. The number of fused-ring (bicyclic) bond motifs is 4. The van der Waals surface area contributed by atoms with Crippen molar-refractivity contribution in [3.05, 3.63) is 77.4 Å². The summed E-state index contributed by atoms with van der Waals surface area (Å²) in [5.74, 6) is 4.23. The van der Waals surface area contributed by atoms with Gasteiger partial charge in [-0.05, 0) is 111 Å². The molecule has 1 fully saturated rings. The first-order chi connectivity index (χ1) is 23.4. The molecule has 1 atom stereocenters. The number of nitrogens with zero attached hydrogens (tertiary/aromatic N) is 1. The van der Waals surface area contributed by atoms with Gasteiger partial charge < -0.3 is 23.1 Å². The molecule has 3 aliphatic rings. The molecule has 0 radical (unpaired) electrons. The maximum atomic E-state index is 7.18. The Bertz CT molecular complexity index is 1730. The average Bonchev–Trinajstić information content (AvgIpc) is 3.04. The van der Waals surface area contributed by atoms with Crippen LogP contribution in [-0.2, 0) is 5.60 Å². The fourth-order valence-electron chi connectivity index (χ4n) is 6.65. The molecular weight excluding hydrogens is 655 g/mol. The molecule has 0 bridgehead atoms. The molecule has 3 aromatic carbocycles. The maximum Gasteiger partial charge on any atom is 0.250 e. The van der Waals surface area contributed by atoms with E-state index < -0.39 is 22.2 Å². The molecule has 0 saturated carbocycles. The zero-order chi connectivity index (χ0) is 36.1. The van der Waals surface area contributed by atoms with Crippen LogP contribution in [-0.4, -0.2) is 54.4 Å². The zero-order valence-electron chi connectivity index (χ0n) is 32.4. The Labute approximate surface area is 303 Å². The first kappa shape index (κ1) is 36.6. The van der Waals surface area contributed by atoms with E-state index >= 15 is 0 Å². The minimum atomic E-state index is -2.05. The second-order valence-corrected chi connectivity index (χ2v) is 27.0. The van der Waals surface area contributed by atoms with Gasteiger partial charge in [0.15, 0.2) is 5.60 Å². The van der Waals surface area contributed by atoms with E-state index in [1.165, 1.54) is 32.4 Å². The van der Waals surface area contributed by atoms with Crippen LogP contribution in [0.2, 0.25) is 36.3 Å². The lowest BCUT2D eigenvalue weighted by molar-refractivity contribution is 0.145. The van der Waals surface area contributed by atoms with Crippen molar-refractivity contribution in [2.45, 2.75) is 110 Å². The third-order valence-corrected chi connectivity index (χ3v) is 20.6. The van der Waals surface area contributed by atoms with Crippen molar-refractivity contribution in [1.82, 2.24) is 4.90 Å². The SMILES string of the molecule is CC1(c2ccc(OCCN3CCCCC3)cc2)Oc2cc(O[Si](C)(C)C(C)(C)C)ccc2C2=C1c1ccc(O[Si](C)(C)C(C)(C)C)cc1OC2. The van der Waals surface area contributed by atoms with Crippen molar-refractivity contribution in [3.8, 4) is 28.7 Å². The van der Waals surface area contributed by atoms with Gasteiger partial charge in [-0.15, -0.1) is 0 Å². The Morgan fingerprint density at radius 2 is 1.24 bits per heavy atom. The van der Waals surface area contributed by atoms with Gasteiger partial charge in [0.2, 0.25) is 16.6 Å². The first-order valence-electron chi connectivity index (χ1n) is 18.6. The maximum absolute atomic E-state index is 7.18. The molecule has 1 unspecified atom stereocenters. The van der Waals surface area contributed by atoms with Crippen molar-refractivity contribution in [3.63, 3.8) is 0 Å². The predicted octanol–water partition coefficient (Wildman–Crippen LogP) is 10.9. The third-order valence-electron chi connectivity index (χ3n) is 11.9. The van der Waals surface area contributed by atoms with E-state index in [1.807, 2.05) is 0 Å². The smallest absolute Gasteiger partial charge is 0.250 e. The Hall–Kier alpha value is -3.21. The van der Waals surface area contributed by atoms with Crippen molar-refractivity contribution < 1.29 is 23.1 Å². The summed E-state index contributed by atoms with van der Waals surface area (Å²) in [5, 5.41) is 0.176. The third kappa shape index (κ3) is 7.26. The minimum absolute atomic E-state index is 0.0830. The summed E-state index contributed by atoms with van der Waals surface area (Å²) in [6.07, 6.45) is 3.92. The molecular formula is C42H59NO5Si2. The van der Waals surface area contributed by atoms with Gasteiger partial charge in [0.05, 0.1) is 0 Å². The predicted molar refractivity (Wildman–Crippen MR) is 211 cm³/mol. The second kappa shape index (κ2) is 13.4. The Morgan fingerprint density at radius 1 is 0.700 bits per heavy atom. The van der Waals surface area contributed by atoms with Crippen LogP contribution in [0.1, 0.15) is 84.4 Å². The molecule has 50 heavy (non-hydrogen) atoms. The zero-order valence-corrected chi connectivity index (χ0v) is 34.4. The number of hydrogen-bond acceptors (Lipinski definition) is 6. The number of likely N-dealkylation sites (tertiary alicyclic amines) is 1. The van der Waals surface area contributed by atoms with E-state index in [0.717, 1.165) is 63.1 Å². The summed E-state index contributed by atoms with van der Waals surface area (Å²) in [7, 11) is -4.08. The van der Waals surface area contributed by atoms with Crippen LogP contribution < -0.4 is 23.1 Å². The molecule has 3 heterocycles. The lowest BCUT2D eigenvalue weighted by Gasteiger charge is -2.43. The quantitative estimate of drug-likeness (QED) is 0.206. The summed E-state index contributed by atoms with van der Waals surface area (Å²) >= 11 is 0. The Kier molecular flexibility index (Phi) is 9.81. The summed E-state index contributed by atoms with van der Waals surface area (Å²) in [4.78, 5) is 2.51. The highest BCUT2D eigenvalue weighted by atomic mass is 28.4. The van der Waals surface area contributed by atoms with Crippen LogP contribution in [0.15, 0.2) is 60.7 Å². The number of benzene rings is 3.